The van der Waals surface area contributed by atoms with Gasteiger partial charge in [0.25, 0.3) is 0 Å². The van der Waals surface area contributed by atoms with E-state index in [1.165, 1.54) is 0 Å². The van der Waals surface area contributed by atoms with Gasteiger partial charge in [-0.05, 0) is 12.2 Å². The molecule has 3 rings (SSSR count). The number of aromatic nitrogens is 6. The normalized spacial score (nSPS) is 14.6. The number of aromatic amines is 1. The molecular formula is C40H27F39N6O6S9. The van der Waals surface area contributed by atoms with Gasteiger partial charge in [0.15, 0.2) is 25.7 Å². The summed E-state index contributed by atoms with van der Waals surface area (Å²) in [5.74, 6) is -118. The maximum atomic E-state index is 13.8. The molecule has 3 aromatic rings. The summed E-state index contributed by atoms with van der Waals surface area (Å²) in [5.41, 5.74) is 0. The molecule has 0 aromatic carbocycles. The van der Waals surface area contributed by atoms with E-state index in [4.69, 9.17) is 12.2 Å². The molecule has 0 spiro atoms. The second-order valence-corrected chi connectivity index (χ2v) is 28.6. The zero-order chi connectivity index (χ0) is 78.4. The van der Waals surface area contributed by atoms with Crippen LogP contribution in [-0.2, 0) is 28.6 Å². The fourth-order valence-electron chi connectivity index (χ4n) is 5.67. The third-order valence-corrected chi connectivity index (χ3v) is 19.9. The molecule has 0 atom stereocenters. The zero-order valence-corrected chi connectivity index (χ0v) is 53.6. The van der Waals surface area contributed by atoms with Crippen LogP contribution in [0.1, 0.15) is 38.5 Å². The maximum Gasteiger partial charge on any atom is 0.460 e. The average molecular weight is 1720 g/mol. The number of carbonyl (C=O) groups is 3. The Labute approximate surface area is 564 Å². The van der Waals surface area contributed by atoms with E-state index in [0.29, 0.717) is 4.34 Å². The van der Waals surface area contributed by atoms with Crippen LogP contribution in [0, 0.1) is 3.95 Å². The van der Waals surface area contributed by atoms with Gasteiger partial charge in [-0.15, -0.1) is 20.4 Å². The van der Waals surface area contributed by atoms with Crippen LogP contribution in [0.3, 0.4) is 0 Å². The first-order valence-electron chi connectivity index (χ1n) is 24.2. The molecule has 0 saturated carbocycles. The number of nitrogens with zero attached hydrogens (tertiary/aromatic N) is 5. The summed E-state index contributed by atoms with van der Waals surface area (Å²) in [6.07, 6.45) is -32.7. The molecule has 0 amide bonds. The lowest BCUT2D eigenvalue weighted by Crippen LogP contribution is -2.70. The minimum absolute atomic E-state index is 0.0989. The molecule has 1 N–H and O–H groups in total. The lowest BCUT2D eigenvalue weighted by Gasteiger charge is -2.39. The first kappa shape index (κ1) is 92.4. The van der Waals surface area contributed by atoms with Gasteiger partial charge in [-0.1, -0.05) is 92.8 Å². The summed E-state index contributed by atoms with van der Waals surface area (Å²) < 4.78 is 525. The van der Waals surface area contributed by atoms with Crippen LogP contribution in [-0.4, -0.2) is 198 Å². The lowest BCUT2D eigenvalue weighted by molar-refractivity contribution is -0.440. The van der Waals surface area contributed by atoms with Gasteiger partial charge < -0.3 is 14.2 Å². The van der Waals surface area contributed by atoms with Gasteiger partial charge in [0.05, 0.1) is 63.4 Å². The van der Waals surface area contributed by atoms with Crippen molar-refractivity contribution in [3.05, 3.63) is 3.95 Å². The fraction of sp³-hybridized carbons (Fsp3) is 0.775. The predicted molar refractivity (Wildman–Crippen MR) is 269 cm³/mol. The molecule has 0 aliphatic heterocycles. The first-order chi connectivity index (χ1) is 44.5. The van der Waals surface area contributed by atoms with Crippen molar-refractivity contribution in [3.8, 4) is 0 Å². The van der Waals surface area contributed by atoms with Crippen molar-refractivity contribution in [2.24, 2.45) is 0 Å². The second kappa shape index (κ2) is 32.6. The molecule has 0 radical (unpaired) electrons. The standard InChI is InChI=1S/C27H18F26N4O4S6.C13H9F13N2O2S3/c28-16(29,18(32,33)20(36,37)22(40,41)24(44,45)26(48,49)50)3-5-60-10(58)1-7-62-12-54-56-14(66-12)64-9-65-15-57-55-13(67-15)63-8-2-11(59)61-6-4-17(30,31)19(34,35)21(38,39)23(42,43)25(46,47)27(51,52)53;14-8(15,2-3-30-5(29)1-4-32-7-28-27-6(31)33-7)9(16,17)10(18,19)11(20,21)12(22,23)13(24,25)26/h1-9H2;1-4H2,(H,27,31). The molecule has 60 heteroatoms. The maximum absolute atomic E-state index is 13.8. The van der Waals surface area contributed by atoms with Gasteiger partial charge in [-0.3, -0.25) is 19.5 Å². The summed E-state index contributed by atoms with van der Waals surface area (Å²) >= 11 is 12.0. The molecule has 100 heavy (non-hydrogen) atoms. The van der Waals surface area contributed by atoms with Gasteiger partial charge in [0.2, 0.25) is 0 Å². The van der Waals surface area contributed by atoms with Crippen LogP contribution in [0.2, 0.25) is 0 Å². The Kier molecular flexibility index (Phi) is 30.1. The van der Waals surface area contributed by atoms with Gasteiger partial charge in [-0.2, -0.15) is 176 Å². The van der Waals surface area contributed by atoms with Gasteiger partial charge in [0.1, 0.15) is 0 Å². The number of alkyl halides is 39. The lowest BCUT2D eigenvalue weighted by atomic mass is 9.93. The Hall–Kier alpha value is -3.67. The van der Waals surface area contributed by atoms with Crippen LogP contribution in [0.5, 0.6) is 0 Å². The van der Waals surface area contributed by atoms with E-state index in [-0.39, 0.29) is 43.7 Å². The summed E-state index contributed by atoms with van der Waals surface area (Å²) in [4.78, 5) is 34.9. The van der Waals surface area contributed by atoms with E-state index < -0.39 is 184 Å². The highest BCUT2D eigenvalue weighted by Gasteiger charge is 2.93. The van der Waals surface area contributed by atoms with Crippen LogP contribution in [0.25, 0.3) is 0 Å². The van der Waals surface area contributed by atoms with Crippen molar-refractivity contribution in [3.63, 3.8) is 0 Å². The van der Waals surface area contributed by atoms with Crippen molar-refractivity contribution in [2.45, 2.75) is 168 Å². The van der Waals surface area contributed by atoms with Gasteiger partial charge in [0, 0.05) is 17.3 Å². The van der Waals surface area contributed by atoms with Crippen molar-refractivity contribution >= 4 is 123 Å². The van der Waals surface area contributed by atoms with Crippen molar-refractivity contribution in [1.29, 1.82) is 0 Å². The highest BCUT2D eigenvalue weighted by atomic mass is 32.2. The third-order valence-electron chi connectivity index (χ3n) is 11.2. The zero-order valence-electron chi connectivity index (χ0n) is 46.3. The summed E-state index contributed by atoms with van der Waals surface area (Å²) in [6.45, 7) is -5.61. The highest BCUT2D eigenvalue weighted by Crippen LogP contribution is 2.64. The third kappa shape index (κ3) is 19.9. The average Bonchev–Trinajstić information content (AvgIpc) is 0.874. The number of carbonyl (C=O) groups excluding carboxylic acids is 3. The number of hydrogen-bond acceptors (Lipinski definition) is 20. The fourth-order valence-corrected chi connectivity index (χ4v) is 14.3. The molecule has 0 unspecified atom stereocenters. The van der Waals surface area contributed by atoms with E-state index in [1.807, 2.05) is 0 Å². The number of esters is 3. The number of thioether (sulfide) groups is 5. The molecular weight excluding hydrogens is 1690 g/mol. The van der Waals surface area contributed by atoms with Crippen LogP contribution in [0.15, 0.2) is 21.7 Å². The predicted octanol–water partition coefficient (Wildman–Crippen LogP) is 18.9. The number of rotatable bonds is 37. The van der Waals surface area contributed by atoms with E-state index >= 15 is 0 Å². The monoisotopic (exact) mass is 1720 g/mol. The topological polar surface area (TPSA) is 159 Å². The Morgan fingerprint density at radius 3 is 0.760 bits per heavy atom. The van der Waals surface area contributed by atoms with E-state index in [2.05, 4.69) is 44.8 Å². The molecule has 0 fully saturated rings. The smallest absolute Gasteiger partial charge is 0.460 e. The van der Waals surface area contributed by atoms with Crippen molar-refractivity contribution in [1.82, 2.24) is 30.6 Å². The molecule has 12 nitrogen and oxygen atoms in total. The van der Waals surface area contributed by atoms with Gasteiger partial charge >= 0.3 is 125 Å². The molecule has 3 heterocycles. The summed E-state index contributed by atoms with van der Waals surface area (Å²) in [6, 6.07) is 0. The van der Waals surface area contributed by atoms with Crippen molar-refractivity contribution < 1.29 is 200 Å². The Morgan fingerprint density at radius 2 is 0.540 bits per heavy atom. The summed E-state index contributed by atoms with van der Waals surface area (Å²) in [7, 11) is 0. The highest BCUT2D eigenvalue weighted by molar-refractivity contribution is 8.17. The molecule has 3 aromatic heterocycles. The van der Waals surface area contributed by atoms with E-state index in [1.54, 1.807) is 0 Å². The van der Waals surface area contributed by atoms with Crippen molar-refractivity contribution in [2.75, 3.05) is 42.2 Å². The molecule has 0 bridgehead atoms. The number of hydrogen-bond donors (Lipinski definition) is 1. The molecule has 0 aliphatic carbocycles. The number of H-pyrrole nitrogens is 1. The molecule has 580 valence electrons. The largest absolute Gasteiger partial charge is 0.465 e. The quantitative estimate of drug-likeness (QED) is 0.0145. The van der Waals surface area contributed by atoms with Gasteiger partial charge in [-0.25, -0.2) is 0 Å². The van der Waals surface area contributed by atoms with E-state index in [0.717, 1.165) is 92.8 Å². The van der Waals surface area contributed by atoms with Crippen LogP contribution >= 0.6 is 105 Å². The minimum Gasteiger partial charge on any atom is -0.465 e. The van der Waals surface area contributed by atoms with Crippen LogP contribution < -0.4 is 0 Å². The Bertz CT molecular complexity index is 3110. The van der Waals surface area contributed by atoms with E-state index in [9.17, 15) is 186 Å². The number of halogens is 39. The minimum atomic E-state index is -8.08. The number of ether oxygens (including phenoxy) is 3. The SMILES string of the molecule is O=C(CCSc1n[nH]c(=S)s1)OCCC(F)(F)C(F)(F)C(F)(F)C(F)(F)C(F)(F)C(F)(F)F.O=C(CCSc1nnc(SCSc2nnc(SCCC(=O)OCCC(F)(F)C(F)(F)C(F)(F)C(F)(F)C(F)(F)C(F)(F)F)s2)s1)OCCC(F)(F)C(F)(F)C(F)(F)C(F)(F)C(F)(F)C(F)(F)F. The second-order valence-electron chi connectivity index (χ2n) is 18.2. The molecule has 0 saturated heterocycles. The molecule has 0 aliphatic rings. The Morgan fingerprint density at radius 1 is 0.320 bits per heavy atom. The first-order valence-corrected chi connectivity index (χ1v) is 32.0. The Balaban J connectivity index is 0.000000860. The summed E-state index contributed by atoms with van der Waals surface area (Å²) in [5, 5.41) is 21.2. The number of nitrogens with one attached hydrogen (secondary N) is 1. The van der Waals surface area contributed by atoms with Crippen LogP contribution in [0.4, 0.5) is 171 Å².